The quantitative estimate of drug-likeness (QED) is 0.766. The van der Waals surface area contributed by atoms with Gasteiger partial charge in [0.25, 0.3) is 5.91 Å². The van der Waals surface area contributed by atoms with Crippen molar-refractivity contribution in [3.8, 4) is 17.2 Å². The molecule has 154 valence electrons. The molecule has 1 heterocycles. The van der Waals surface area contributed by atoms with Gasteiger partial charge in [-0.05, 0) is 41.8 Å². The second kappa shape index (κ2) is 8.40. The Labute approximate surface area is 168 Å². The number of morpholine rings is 1. The van der Waals surface area contributed by atoms with Crippen LogP contribution < -0.4 is 14.4 Å². The highest BCUT2D eigenvalue weighted by Crippen LogP contribution is 2.39. The van der Waals surface area contributed by atoms with E-state index in [1.165, 1.54) is 25.2 Å². The predicted molar refractivity (Wildman–Crippen MR) is 105 cm³/mol. The van der Waals surface area contributed by atoms with Gasteiger partial charge >= 0.3 is 5.97 Å². The van der Waals surface area contributed by atoms with Gasteiger partial charge in [-0.1, -0.05) is 13.0 Å². The summed E-state index contributed by atoms with van der Waals surface area (Å²) in [6.45, 7) is 1.52. The lowest BCUT2D eigenvalue weighted by molar-refractivity contribution is -0.157. The Morgan fingerprint density at radius 1 is 1.17 bits per heavy atom. The number of aliphatic carboxylic acids is 1. The topological polar surface area (TPSA) is 106 Å². The van der Waals surface area contributed by atoms with Crippen molar-refractivity contribution in [3.63, 3.8) is 0 Å². The molecule has 0 aliphatic carbocycles. The van der Waals surface area contributed by atoms with Crippen LogP contribution in [0.4, 0.5) is 5.69 Å². The summed E-state index contributed by atoms with van der Waals surface area (Å²) in [5.74, 6) is -0.551. The molecule has 3 rings (SSSR count). The van der Waals surface area contributed by atoms with E-state index < -0.39 is 18.1 Å². The summed E-state index contributed by atoms with van der Waals surface area (Å²) in [7, 11) is 2.98. The first-order valence-electron chi connectivity index (χ1n) is 9.11. The monoisotopic (exact) mass is 401 g/mol. The molecule has 0 radical (unpaired) electrons. The van der Waals surface area contributed by atoms with Gasteiger partial charge in [0, 0.05) is 11.8 Å². The van der Waals surface area contributed by atoms with Crippen molar-refractivity contribution in [2.24, 2.45) is 0 Å². The van der Waals surface area contributed by atoms with E-state index in [4.69, 9.17) is 14.2 Å². The molecule has 8 heteroatoms. The first-order valence-corrected chi connectivity index (χ1v) is 9.11. The van der Waals surface area contributed by atoms with Crippen molar-refractivity contribution in [2.75, 3.05) is 25.7 Å². The third kappa shape index (κ3) is 3.84. The van der Waals surface area contributed by atoms with E-state index in [1.54, 1.807) is 30.3 Å². The number of nitrogens with zero attached hydrogens (tertiary/aromatic N) is 1. The van der Waals surface area contributed by atoms with Crippen LogP contribution in [-0.2, 0) is 20.7 Å². The van der Waals surface area contributed by atoms with Gasteiger partial charge in [0.15, 0.2) is 17.6 Å². The fourth-order valence-electron chi connectivity index (χ4n) is 3.49. The minimum Gasteiger partial charge on any atom is -0.508 e. The summed E-state index contributed by atoms with van der Waals surface area (Å²) >= 11 is 0. The van der Waals surface area contributed by atoms with Crippen LogP contribution in [0.5, 0.6) is 17.2 Å². The summed E-state index contributed by atoms with van der Waals surface area (Å²) in [5.41, 5.74) is 1.66. The number of carboxylic acid groups (broad SMARTS) is 1. The Bertz CT molecular complexity index is 927. The minimum absolute atomic E-state index is 0.115. The number of phenols is 1. The molecule has 29 heavy (non-hydrogen) atoms. The average Bonchev–Trinajstić information content (AvgIpc) is 2.73. The van der Waals surface area contributed by atoms with E-state index in [0.29, 0.717) is 34.7 Å². The molecule has 0 bridgehead atoms. The van der Waals surface area contributed by atoms with Gasteiger partial charge in [-0.2, -0.15) is 0 Å². The van der Waals surface area contributed by atoms with Crippen LogP contribution in [0.25, 0.3) is 0 Å². The van der Waals surface area contributed by atoms with Crippen LogP contribution in [0.15, 0.2) is 36.4 Å². The van der Waals surface area contributed by atoms with Crippen molar-refractivity contribution in [2.45, 2.75) is 25.5 Å². The standard InChI is InChI=1S/C21H23NO7/c1-4-12-9-13(5-7-15(12)23)19-20(21(25)26)29-11-18(24)22(19)14-6-8-16(27-2)17(10-14)28-3/h5-10,19-20,23H,4,11H2,1-3H3,(H,25,26). The first-order chi connectivity index (χ1) is 13.9. The van der Waals surface area contributed by atoms with Crippen molar-refractivity contribution in [1.29, 1.82) is 0 Å². The third-order valence-corrected chi connectivity index (χ3v) is 4.93. The number of benzene rings is 2. The molecule has 0 spiro atoms. The number of methoxy groups -OCH3 is 2. The fourth-order valence-corrected chi connectivity index (χ4v) is 3.49. The molecule has 1 amide bonds. The average molecular weight is 401 g/mol. The predicted octanol–water partition coefficient (Wildman–Crippen LogP) is 2.53. The summed E-state index contributed by atoms with van der Waals surface area (Å²) in [4.78, 5) is 26.1. The molecule has 2 aromatic rings. The number of rotatable bonds is 6. The summed E-state index contributed by atoms with van der Waals surface area (Å²) in [5, 5.41) is 19.7. The van der Waals surface area contributed by atoms with Gasteiger partial charge in [0.2, 0.25) is 0 Å². The summed E-state index contributed by atoms with van der Waals surface area (Å²) < 4.78 is 15.9. The van der Waals surface area contributed by atoms with Crippen molar-refractivity contribution in [1.82, 2.24) is 0 Å². The second-order valence-corrected chi connectivity index (χ2v) is 6.56. The molecular formula is C21H23NO7. The van der Waals surface area contributed by atoms with Crippen molar-refractivity contribution >= 4 is 17.6 Å². The zero-order valence-corrected chi connectivity index (χ0v) is 16.4. The number of aromatic hydroxyl groups is 1. The van der Waals surface area contributed by atoms with Gasteiger partial charge in [0.1, 0.15) is 12.4 Å². The van der Waals surface area contributed by atoms with E-state index in [9.17, 15) is 19.8 Å². The summed E-state index contributed by atoms with van der Waals surface area (Å²) in [6.07, 6.45) is -0.718. The number of hydrogen-bond donors (Lipinski definition) is 2. The molecule has 2 atom stereocenters. The Morgan fingerprint density at radius 2 is 1.90 bits per heavy atom. The molecule has 2 unspecified atom stereocenters. The van der Waals surface area contributed by atoms with E-state index >= 15 is 0 Å². The number of carbonyl (C=O) groups excluding carboxylic acids is 1. The molecule has 1 aliphatic heterocycles. The fraction of sp³-hybridized carbons (Fsp3) is 0.333. The van der Waals surface area contributed by atoms with Gasteiger partial charge in [-0.25, -0.2) is 4.79 Å². The highest BCUT2D eigenvalue weighted by Gasteiger charge is 2.43. The molecule has 8 nitrogen and oxygen atoms in total. The number of carbonyl (C=O) groups is 2. The highest BCUT2D eigenvalue weighted by atomic mass is 16.5. The Morgan fingerprint density at radius 3 is 2.52 bits per heavy atom. The van der Waals surface area contributed by atoms with Crippen LogP contribution in [0, 0.1) is 0 Å². The van der Waals surface area contributed by atoms with Crippen LogP contribution in [0.3, 0.4) is 0 Å². The maximum Gasteiger partial charge on any atom is 0.335 e. The van der Waals surface area contributed by atoms with E-state index in [0.717, 1.165) is 0 Å². The minimum atomic E-state index is -1.27. The van der Waals surface area contributed by atoms with Crippen LogP contribution in [-0.4, -0.2) is 49.0 Å². The van der Waals surface area contributed by atoms with E-state index in [-0.39, 0.29) is 18.3 Å². The van der Waals surface area contributed by atoms with Crippen molar-refractivity contribution in [3.05, 3.63) is 47.5 Å². The Hall–Kier alpha value is -3.26. The number of carboxylic acids is 1. The second-order valence-electron chi connectivity index (χ2n) is 6.56. The molecular weight excluding hydrogens is 378 g/mol. The van der Waals surface area contributed by atoms with Crippen molar-refractivity contribution < 1.29 is 34.0 Å². The molecule has 2 N–H and O–H groups in total. The lowest BCUT2D eigenvalue weighted by atomic mass is 9.94. The first kappa shape index (κ1) is 20.5. The smallest absolute Gasteiger partial charge is 0.335 e. The number of phenolic OH excluding ortho intramolecular Hbond substituents is 1. The van der Waals surface area contributed by atoms with Gasteiger partial charge in [-0.3, -0.25) is 9.69 Å². The lowest BCUT2D eigenvalue weighted by Crippen LogP contribution is -2.52. The van der Waals surface area contributed by atoms with Crippen LogP contribution >= 0.6 is 0 Å². The normalized spacial score (nSPS) is 19.1. The number of aryl methyl sites for hydroxylation is 1. The maximum atomic E-state index is 12.8. The maximum absolute atomic E-state index is 12.8. The van der Waals surface area contributed by atoms with Gasteiger partial charge in [-0.15, -0.1) is 0 Å². The molecule has 1 saturated heterocycles. The number of hydrogen-bond acceptors (Lipinski definition) is 6. The zero-order valence-electron chi connectivity index (χ0n) is 16.4. The number of ether oxygens (including phenoxy) is 3. The SMILES string of the molecule is CCc1cc(C2C(C(=O)O)OCC(=O)N2c2ccc(OC)c(OC)c2)ccc1O. The Balaban J connectivity index is 2.16. The molecule has 1 fully saturated rings. The molecule has 1 aliphatic rings. The van der Waals surface area contributed by atoms with E-state index in [2.05, 4.69) is 0 Å². The Kier molecular flexibility index (Phi) is 5.93. The van der Waals surface area contributed by atoms with Crippen LogP contribution in [0.2, 0.25) is 0 Å². The number of amides is 1. The van der Waals surface area contributed by atoms with Gasteiger partial charge in [0.05, 0.1) is 20.3 Å². The highest BCUT2D eigenvalue weighted by molar-refractivity contribution is 5.98. The lowest BCUT2D eigenvalue weighted by Gasteiger charge is -2.39. The number of anilines is 1. The summed E-state index contributed by atoms with van der Waals surface area (Å²) in [6, 6.07) is 8.82. The molecule has 2 aromatic carbocycles. The third-order valence-electron chi connectivity index (χ3n) is 4.93. The molecule has 0 saturated carbocycles. The largest absolute Gasteiger partial charge is 0.508 e. The van der Waals surface area contributed by atoms with Gasteiger partial charge < -0.3 is 24.4 Å². The molecule has 0 aromatic heterocycles. The van der Waals surface area contributed by atoms with E-state index in [1.807, 2.05) is 6.92 Å². The van der Waals surface area contributed by atoms with Crippen LogP contribution in [0.1, 0.15) is 24.1 Å². The zero-order chi connectivity index (χ0) is 21.1.